The molecule has 3 rings (SSSR count). The van der Waals surface area contributed by atoms with E-state index in [1.165, 1.54) is 0 Å². The average molecular weight is 343 g/mol. The summed E-state index contributed by atoms with van der Waals surface area (Å²) in [4.78, 5) is 12.6. The molecule has 0 saturated heterocycles. The van der Waals surface area contributed by atoms with E-state index in [0.717, 1.165) is 11.1 Å². The lowest BCUT2D eigenvalue weighted by Gasteiger charge is -2.08. The molecule has 0 unspecified atom stereocenters. The first-order valence-electron chi connectivity index (χ1n) is 8.03. The fraction of sp³-hybridized carbons (Fsp3) is 0.0909. The molecule has 26 heavy (non-hydrogen) atoms. The highest BCUT2D eigenvalue weighted by Crippen LogP contribution is 2.26. The Balaban J connectivity index is 1.88. The molecule has 3 aromatic carbocycles. The first-order chi connectivity index (χ1) is 12.6. The van der Waals surface area contributed by atoms with Crippen molar-refractivity contribution in [3.8, 4) is 28.7 Å². The zero-order chi connectivity index (χ0) is 18.5. The summed E-state index contributed by atoms with van der Waals surface area (Å²) in [7, 11) is 3.16. The predicted octanol–water partition coefficient (Wildman–Crippen LogP) is 4.47. The number of carbonyl (C=O) groups is 1. The van der Waals surface area contributed by atoms with Crippen LogP contribution in [-0.2, 0) is 0 Å². The van der Waals surface area contributed by atoms with Gasteiger partial charge in [-0.1, -0.05) is 24.3 Å². The van der Waals surface area contributed by atoms with E-state index >= 15 is 0 Å². The van der Waals surface area contributed by atoms with Gasteiger partial charge in [0, 0.05) is 11.1 Å². The van der Waals surface area contributed by atoms with Crippen molar-refractivity contribution in [2.75, 3.05) is 14.2 Å². The number of hydrogen-bond donors (Lipinski definition) is 0. The molecule has 4 heteroatoms. The van der Waals surface area contributed by atoms with Crippen molar-refractivity contribution in [3.05, 3.63) is 83.4 Å². The second kappa shape index (κ2) is 7.54. The Morgan fingerprint density at radius 1 is 0.769 bits per heavy atom. The number of methoxy groups -OCH3 is 2. The van der Waals surface area contributed by atoms with Crippen molar-refractivity contribution in [3.63, 3.8) is 0 Å². The van der Waals surface area contributed by atoms with Crippen molar-refractivity contribution < 1.29 is 14.3 Å². The second-order valence-electron chi connectivity index (χ2n) is 5.70. The molecule has 0 spiro atoms. The topological polar surface area (TPSA) is 59.3 Å². The van der Waals surface area contributed by atoms with Gasteiger partial charge in [0.05, 0.1) is 25.9 Å². The standard InChI is InChI=1S/C22H17NO3/c1-25-20-9-7-18(8-10-20)22(24)17-5-3-16(4-6-17)19-11-15(14-23)12-21(13-19)26-2/h3-13H,1-2H3. The van der Waals surface area contributed by atoms with Crippen LogP contribution in [0.5, 0.6) is 11.5 Å². The molecule has 0 aliphatic carbocycles. The van der Waals surface area contributed by atoms with Crippen LogP contribution in [0.3, 0.4) is 0 Å². The molecule has 0 aliphatic rings. The monoisotopic (exact) mass is 343 g/mol. The Hall–Kier alpha value is -3.58. The van der Waals surface area contributed by atoms with Gasteiger partial charge >= 0.3 is 0 Å². The molecule has 0 fully saturated rings. The third kappa shape index (κ3) is 3.57. The molecule has 0 bridgehead atoms. The molecule has 0 heterocycles. The number of rotatable bonds is 5. The summed E-state index contributed by atoms with van der Waals surface area (Å²) >= 11 is 0. The Morgan fingerprint density at radius 3 is 1.88 bits per heavy atom. The van der Waals surface area contributed by atoms with Gasteiger partial charge in [0.1, 0.15) is 11.5 Å². The Bertz CT molecular complexity index is 968. The quantitative estimate of drug-likeness (QED) is 0.641. The Kier molecular flexibility index (Phi) is 5.00. The number of nitrogens with zero attached hydrogens (tertiary/aromatic N) is 1. The Morgan fingerprint density at radius 2 is 1.35 bits per heavy atom. The van der Waals surface area contributed by atoms with E-state index in [-0.39, 0.29) is 5.78 Å². The average Bonchev–Trinajstić information content (AvgIpc) is 2.73. The molecule has 0 atom stereocenters. The number of hydrogen-bond acceptors (Lipinski definition) is 4. The number of nitriles is 1. The van der Waals surface area contributed by atoms with E-state index in [1.807, 2.05) is 18.2 Å². The van der Waals surface area contributed by atoms with Gasteiger partial charge in [0.25, 0.3) is 0 Å². The molecule has 0 saturated carbocycles. The third-order valence-electron chi connectivity index (χ3n) is 4.10. The lowest BCUT2D eigenvalue weighted by Crippen LogP contribution is -2.01. The fourth-order valence-corrected chi connectivity index (χ4v) is 2.67. The smallest absolute Gasteiger partial charge is 0.193 e. The van der Waals surface area contributed by atoms with Crippen LogP contribution in [0.15, 0.2) is 66.7 Å². The van der Waals surface area contributed by atoms with Gasteiger partial charge in [-0.2, -0.15) is 5.26 Å². The lowest BCUT2D eigenvalue weighted by atomic mass is 9.98. The van der Waals surface area contributed by atoms with Gasteiger partial charge in [-0.15, -0.1) is 0 Å². The zero-order valence-electron chi connectivity index (χ0n) is 14.5. The summed E-state index contributed by atoms with van der Waals surface area (Å²) in [5, 5.41) is 9.15. The fourth-order valence-electron chi connectivity index (χ4n) is 2.67. The molecular formula is C22H17NO3. The maximum Gasteiger partial charge on any atom is 0.193 e. The van der Waals surface area contributed by atoms with E-state index in [4.69, 9.17) is 14.7 Å². The van der Waals surface area contributed by atoms with Crippen LogP contribution in [0.4, 0.5) is 0 Å². The summed E-state index contributed by atoms with van der Waals surface area (Å²) < 4.78 is 10.4. The van der Waals surface area contributed by atoms with Crippen LogP contribution in [0.2, 0.25) is 0 Å². The molecule has 0 aromatic heterocycles. The molecule has 3 aromatic rings. The van der Waals surface area contributed by atoms with Crippen LogP contribution in [0, 0.1) is 11.3 Å². The van der Waals surface area contributed by atoms with Crippen LogP contribution < -0.4 is 9.47 Å². The Labute approximate surface area is 152 Å². The molecule has 128 valence electrons. The van der Waals surface area contributed by atoms with Gasteiger partial charge in [0.2, 0.25) is 0 Å². The summed E-state index contributed by atoms with van der Waals surface area (Å²) in [6, 6.07) is 21.8. The van der Waals surface area contributed by atoms with Crippen LogP contribution in [-0.4, -0.2) is 20.0 Å². The van der Waals surface area contributed by atoms with Crippen molar-refractivity contribution >= 4 is 5.78 Å². The maximum absolute atomic E-state index is 12.6. The van der Waals surface area contributed by atoms with Crippen molar-refractivity contribution in [1.82, 2.24) is 0 Å². The summed E-state index contributed by atoms with van der Waals surface area (Å²) in [5.41, 5.74) is 3.50. The van der Waals surface area contributed by atoms with Crippen molar-refractivity contribution in [2.45, 2.75) is 0 Å². The van der Waals surface area contributed by atoms with E-state index in [2.05, 4.69) is 6.07 Å². The highest BCUT2D eigenvalue weighted by Gasteiger charge is 2.10. The lowest BCUT2D eigenvalue weighted by molar-refractivity contribution is 0.103. The largest absolute Gasteiger partial charge is 0.497 e. The SMILES string of the molecule is COc1ccc(C(=O)c2ccc(-c3cc(C#N)cc(OC)c3)cc2)cc1. The first-order valence-corrected chi connectivity index (χ1v) is 8.03. The number of benzene rings is 3. The van der Waals surface area contributed by atoms with Crippen LogP contribution in [0.25, 0.3) is 11.1 Å². The molecular weight excluding hydrogens is 326 g/mol. The number of ether oxygens (including phenoxy) is 2. The molecule has 0 radical (unpaired) electrons. The van der Waals surface area contributed by atoms with Crippen molar-refractivity contribution in [1.29, 1.82) is 5.26 Å². The number of carbonyl (C=O) groups excluding carboxylic acids is 1. The van der Waals surface area contributed by atoms with Gasteiger partial charge < -0.3 is 9.47 Å². The van der Waals surface area contributed by atoms with Gasteiger partial charge in [-0.05, 0) is 53.6 Å². The summed E-state index contributed by atoms with van der Waals surface area (Å²) in [6.45, 7) is 0. The first kappa shape index (κ1) is 17.2. The molecule has 0 aliphatic heterocycles. The zero-order valence-corrected chi connectivity index (χ0v) is 14.5. The highest BCUT2D eigenvalue weighted by molar-refractivity contribution is 6.09. The normalized spacial score (nSPS) is 10.0. The highest BCUT2D eigenvalue weighted by atomic mass is 16.5. The minimum Gasteiger partial charge on any atom is -0.497 e. The van der Waals surface area contributed by atoms with Gasteiger partial charge in [-0.25, -0.2) is 0 Å². The van der Waals surface area contributed by atoms with Gasteiger partial charge in [-0.3, -0.25) is 4.79 Å². The third-order valence-corrected chi connectivity index (χ3v) is 4.10. The van der Waals surface area contributed by atoms with E-state index in [0.29, 0.717) is 28.2 Å². The van der Waals surface area contributed by atoms with E-state index in [1.54, 1.807) is 62.8 Å². The van der Waals surface area contributed by atoms with Crippen molar-refractivity contribution in [2.24, 2.45) is 0 Å². The summed E-state index contributed by atoms with van der Waals surface area (Å²) in [6.07, 6.45) is 0. The molecule has 4 nitrogen and oxygen atoms in total. The van der Waals surface area contributed by atoms with Gasteiger partial charge in [0.15, 0.2) is 5.78 Å². The van der Waals surface area contributed by atoms with Crippen LogP contribution in [0.1, 0.15) is 21.5 Å². The second-order valence-corrected chi connectivity index (χ2v) is 5.70. The maximum atomic E-state index is 12.6. The predicted molar refractivity (Wildman–Crippen MR) is 99.6 cm³/mol. The minimum absolute atomic E-state index is 0.0532. The van der Waals surface area contributed by atoms with Crippen LogP contribution >= 0.6 is 0 Å². The minimum atomic E-state index is -0.0532. The van der Waals surface area contributed by atoms with E-state index < -0.39 is 0 Å². The van der Waals surface area contributed by atoms with E-state index in [9.17, 15) is 4.79 Å². The molecule has 0 amide bonds. The summed E-state index contributed by atoms with van der Waals surface area (Å²) in [5.74, 6) is 1.28. The number of ketones is 1. The molecule has 0 N–H and O–H groups in total.